The molecule has 1 aliphatic rings. The molecular formula is C16H31BClO6P. The molecule has 3 N–H and O–H groups in total. The first-order valence-electron chi connectivity index (χ1n) is 9.00. The van der Waals surface area contributed by atoms with E-state index >= 15 is 0 Å². The van der Waals surface area contributed by atoms with E-state index in [2.05, 4.69) is 0 Å². The molecular weight excluding hydrogens is 365 g/mol. The maximum atomic E-state index is 12.9. The zero-order chi connectivity index (χ0) is 19.5. The first kappa shape index (κ1) is 23.4. The normalized spacial score (nSPS) is 32.3. The first-order chi connectivity index (χ1) is 11.5. The van der Waals surface area contributed by atoms with Crippen molar-refractivity contribution < 1.29 is 28.9 Å². The molecule has 1 rings (SSSR count). The molecule has 1 saturated heterocycles. The minimum atomic E-state index is -4.34. The molecule has 6 nitrogen and oxygen atoms in total. The van der Waals surface area contributed by atoms with Gasteiger partial charge < -0.3 is 19.8 Å². The van der Waals surface area contributed by atoms with Crippen LogP contribution in [0.4, 0.5) is 0 Å². The maximum Gasteiger partial charge on any atom is 0.359 e. The van der Waals surface area contributed by atoms with Crippen LogP contribution in [-0.2, 0) is 13.8 Å². The Morgan fingerprint density at radius 3 is 2.16 bits per heavy atom. The highest BCUT2D eigenvalue weighted by molar-refractivity contribution is 7.54. The lowest BCUT2D eigenvalue weighted by Crippen LogP contribution is -2.42. The number of alkyl halides is 1. The van der Waals surface area contributed by atoms with E-state index < -0.39 is 42.1 Å². The minimum absolute atomic E-state index is 0.0976. The molecule has 25 heavy (non-hydrogen) atoms. The summed E-state index contributed by atoms with van der Waals surface area (Å²) in [5.41, 5.74) is -1.02. The summed E-state index contributed by atoms with van der Waals surface area (Å²) < 4.78 is 24.1. The third kappa shape index (κ3) is 5.01. The van der Waals surface area contributed by atoms with Gasteiger partial charge in [0.1, 0.15) is 7.85 Å². The molecule has 0 aromatic carbocycles. The largest absolute Gasteiger partial charge is 0.389 e. The number of aliphatic hydroxyl groups is 2. The molecule has 1 aliphatic heterocycles. The Balaban J connectivity index is 3.09. The second kappa shape index (κ2) is 9.05. The zero-order valence-electron chi connectivity index (χ0n) is 15.5. The van der Waals surface area contributed by atoms with Gasteiger partial charge in [-0.25, -0.2) is 0 Å². The summed E-state index contributed by atoms with van der Waals surface area (Å²) in [6.45, 7) is 7.06. The minimum Gasteiger partial charge on any atom is -0.389 e. The lowest BCUT2D eigenvalue weighted by atomic mass is 9.87. The van der Waals surface area contributed by atoms with Gasteiger partial charge in [-0.1, -0.05) is 34.1 Å². The Morgan fingerprint density at radius 2 is 1.80 bits per heavy atom. The van der Waals surface area contributed by atoms with Crippen LogP contribution in [0.15, 0.2) is 0 Å². The van der Waals surface area contributed by atoms with Crippen LogP contribution in [0.5, 0.6) is 0 Å². The highest BCUT2D eigenvalue weighted by Crippen LogP contribution is 2.61. The van der Waals surface area contributed by atoms with E-state index in [-0.39, 0.29) is 19.3 Å². The second-order valence-corrected chi connectivity index (χ2v) is 9.43. The van der Waals surface area contributed by atoms with Crippen molar-refractivity contribution in [3.63, 3.8) is 0 Å². The molecule has 6 atom stereocenters. The maximum absolute atomic E-state index is 12.9. The Kier molecular flexibility index (Phi) is 8.48. The van der Waals surface area contributed by atoms with Gasteiger partial charge in [-0.2, -0.15) is 0 Å². The van der Waals surface area contributed by atoms with Gasteiger partial charge in [0, 0.05) is 12.4 Å². The topological polar surface area (TPSA) is 96.2 Å². The predicted octanol–water partition coefficient (Wildman–Crippen LogP) is 2.90. The van der Waals surface area contributed by atoms with E-state index in [0.717, 1.165) is 0 Å². The van der Waals surface area contributed by atoms with Crippen molar-refractivity contribution in [3.8, 4) is 0 Å². The van der Waals surface area contributed by atoms with Crippen LogP contribution < -0.4 is 0 Å². The monoisotopic (exact) mass is 396 g/mol. The second-order valence-electron chi connectivity index (χ2n) is 6.87. The van der Waals surface area contributed by atoms with Gasteiger partial charge in [0.15, 0.2) is 5.34 Å². The zero-order valence-corrected chi connectivity index (χ0v) is 17.2. The van der Waals surface area contributed by atoms with Crippen molar-refractivity contribution in [2.24, 2.45) is 0 Å². The van der Waals surface area contributed by atoms with Crippen LogP contribution in [0.3, 0.4) is 0 Å². The Bertz CT molecular complexity index is 478. The highest BCUT2D eigenvalue weighted by Gasteiger charge is 2.51. The van der Waals surface area contributed by atoms with Gasteiger partial charge >= 0.3 is 7.60 Å². The van der Waals surface area contributed by atoms with E-state index in [9.17, 15) is 19.7 Å². The van der Waals surface area contributed by atoms with Crippen LogP contribution in [0, 0.1) is 0 Å². The van der Waals surface area contributed by atoms with Crippen molar-refractivity contribution in [2.75, 3.05) is 0 Å². The molecule has 0 amide bonds. The molecule has 0 bridgehead atoms. The van der Waals surface area contributed by atoms with E-state index in [1.807, 2.05) is 13.8 Å². The molecule has 9 heteroatoms. The van der Waals surface area contributed by atoms with Crippen LogP contribution in [0.25, 0.3) is 0 Å². The Labute approximate surface area is 157 Å². The van der Waals surface area contributed by atoms with Crippen molar-refractivity contribution in [3.05, 3.63) is 0 Å². The predicted molar refractivity (Wildman–Crippen MR) is 99.1 cm³/mol. The van der Waals surface area contributed by atoms with Crippen LogP contribution in [-0.4, -0.2) is 57.5 Å². The summed E-state index contributed by atoms with van der Waals surface area (Å²) in [4.78, 5) is 10.5. The molecule has 0 aromatic rings. The third-order valence-corrected chi connectivity index (χ3v) is 8.08. The molecule has 146 valence electrons. The average molecular weight is 397 g/mol. The van der Waals surface area contributed by atoms with E-state index in [0.29, 0.717) is 19.3 Å². The van der Waals surface area contributed by atoms with Gasteiger partial charge in [0.2, 0.25) is 0 Å². The fourth-order valence-electron chi connectivity index (χ4n) is 3.32. The van der Waals surface area contributed by atoms with Gasteiger partial charge in [-0.05, 0) is 25.7 Å². The fourth-order valence-corrected chi connectivity index (χ4v) is 5.33. The Hall–Kier alpha value is 0.385. The average Bonchev–Trinajstić information content (AvgIpc) is 2.80. The number of rotatable bonds is 10. The van der Waals surface area contributed by atoms with Gasteiger partial charge in [-0.15, -0.1) is 11.6 Å². The summed E-state index contributed by atoms with van der Waals surface area (Å²) >= 11 is 6.02. The summed E-state index contributed by atoms with van der Waals surface area (Å²) in [7, 11) is 1.40. The van der Waals surface area contributed by atoms with Crippen LogP contribution >= 0.6 is 19.2 Å². The molecule has 0 aliphatic carbocycles. The SMILES string of the molecule is [B]C1OC(C[C@](CC)(CCC)OP(=O)(O)C(O)(CC)CC)[C@@H](O)[C@H]1Cl. The van der Waals surface area contributed by atoms with Crippen molar-refractivity contribution in [1.29, 1.82) is 0 Å². The molecule has 0 saturated carbocycles. The van der Waals surface area contributed by atoms with Gasteiger partial charge in [0.05, 0.1) is 23.2 Å². The molecule has 3 unspecified atom stereocenters. The standard InChI is InChI=1S/C16H31BClO6P/c1-5-9-15(6-2,10-11-13(19)12(18)14(17)23-11)24-25(21,22)16(20,7-3)8-4/h11-14,19-20H,5-10H2,1-4H3,(H,21,22)/t11?,12-,13-,14?,15+/m1/s1. The smallest absolute Gasteiger partial charge is 0.359 e. The van der Waals surface area contributed by atoms with Gasteiger partial charge in [-0.3, -0.25) is 9.09 Å². The van der Waals surface area contributed by atoms with Crippen molar-refractivity contribution in [2.45, 2.75) is 101 Å². The van der Waals surface area contributed by atoms with E-state index in [1.54, 1.807) is 13.8 Å². The summed E-state index contributed by atoms with van der Waals surface area (Å²) in [6, 6.07) is -0.804. The van der Waals surface area contributed by atoms with Gasteiger partial charge in [0.25, 0.3) is 0 Å². The molecule has 1 fully saturated rings. The summed E-state index contributed by atoms with van der Waals surface area (Å²) in [5, 5.41) is 18.2. The van der Waals surface area contributed by atoms with Crippen LogP contribution in [0.1, 0.15) is 66.2 Å². The highest BCUT2D eigenvalue weighted by atomic mass is 35.5. The van der Waals surface area contributed by atoms with Crippen LogP contribution in [0.2, 0.25) is 0 Å². The fraction of sp³-hybridized carbons (Fsp3) is 1.00. The molecule has 0 aromatic heterocycles. The number of ether oxygens (including phenoxy) is 1. The number of halogens is 1. The first-order valence-corrected chi connectivity index (χ1v) is 11.0. The number of aliphatic hydroxyl groups excluding tert-OH is 1. The quantitative estimate of drug-likeness (QED) is 0.298. The van der Waals surface area contributed by atoms with Crippen molar-refractivity contribution in [1.82, 2.24) is 0 Å². The Morgan fingerprint density at radius 1 is 1.24 bits per heavy atom. The summed E-state index contributed by atoms with van der Waals surface area (Å²) in [5.74, 6) is 0. The van der Waals surface area contributed by atoms with E-state index in [1.165, 1.54) is 0 Å². The molecule has 2 radical (unpaired) electrons. The summed E-state index contributed by atoms with van der Waals surface area (Å²) in [6.07, 6.45) is 0.280. The third-order valence-electron chi connectivity index (χ3n) is 5.25. The molecule has 1 heterocycles. The van der Waals surface area contributed by atoms with E-state index in [4.69, 9.17) is 28.7 Å². The number of hydrogen-bond acceptors (Lipinski definition) is 5. The number of hydrogen-bond donors (Lipinski definition) is 3. The van der Waals surface area contributed by atoms with Crippen molar-refractivity contribution >= 4 is 27.0 Å². The molecule has 0 spiro atoms. The lowest BCUT2D eigenvalue weighted by Gasteiger charge is -2.40. The lowest BCUT2D eigenvalue weighted by molar-refractivity contribution is -0.0562.